The molecule has 0 radical (unpaired) electrons. The maximum Gasteiger partial charge on any atom is 0.254 e. The van der Waals surface area contributed by atoms with Crippen molar-refractivity contribution < 1.29 is 15.0 Å². The van der Waals surface area contributed by atoms with Gasteiger partial charge in [-0.15, -0.1) is 0 Å². The minimum Gasteiger partial charge on any atom is -0.390 e. The van der Waals surface area contributed by atoms with Crippen LogP contribution in [0.1, 0.15) is 80.4 Å². The number of aliphatic hydroxyl groups excluding tert-OH is 2. The van der Waals surface area contributed by atoms with Crippen LogP contribution in [0, 0.1) is 11.3 Å². The van der Waals surface area contributed by atoms with E-state index in [2.05, 4.69) is 30.5 Å². The molecule has 3 fully saturated rings. The summed E-state index contributed by atoms with van der Waals surface area (Å²) in [7, 11) is 0. The summed E-state index contributed by atoms with van der Waals surface area (Å²) in [5.74, 6) is 0.136. The van der Waals surface area contributed by atoms with E-state index < -0.39 is 12.3 Å². The third kappa shape index (κ3) is 4.89. The minimum atomic E-state index is -0.899. The van der Waals surface area contributed by atoms with Gasteiger partial charge in [0.2, 0.25) is 0 Å². The molecule has 1 aromatic carbocycles. The fourth-order valence-electron chi connectivity index (χ4n) is 5.61. The minimum absolute atomic E-state index is 0.0397. The summed E-state index contributed by atoms with van der Waals surface area (Å²) in [6, 6.07) is 7.32. The standard InChI is InChI=1S/C26H35ClN4O3/c1-26(2)9-3-4-17(12-26)24(33)29-25(34)18-10-16(7-8-19(18)27)20-11-21(15-5-6-15)31(30-20)22-13-28-14-23(22)32/h7-8,10-11,15,17,22-24,28,32-33H,3-6,9,12-14H2,1-2H3,(H,29,34). The summed E-state index contributed by atoms with van der Waals surface area (Å²) >= 11 is 6.40. The van der Waals surface area contributed by atoms with Crippen molar-refractivity contribution in [3.63, 3.8) is 0 Å². The number of amides is 1. The number of hydrogen-bond donors (Lipinski definition) is 4. The Hall–Kier alpha value is -1.93. The van der Waals surface area contributed by atoms with E-state index >= 15 is 0 Å². The first kappa shape index (κ1) is 23.8. The number of aliphatic hydroxyl groups is 2. The van der Waals surface area contributed by atoms with E-state index in [0.29, 0.717) is 29.6 Å². The number of nitrogens with zero attached hydrogens (tertiary/aromatic N) is 2. The predicted octanol–water partition coefficient (Wildman–Crippen LogP) is 3.85. The molecule has 2 heterocycles. The summed E-state index contributed by atoms with van der Waals surface area (Å²) in [5.41, 5.74) is 3.20. The maximum atomic E-state index is 13.1. The first-order valence-corrected chi connectivity index (χ1v) is 12.9. The number of hydrogen-bond acceptors (Lipinski definition) is 5. The largest absolute Gasteiger partial charge is 0.390 e. The molecule has 4 N–H and O–H groups in total. The molecule has 1 aromatic heterocycles. The average Bonchev–Trinajstić information content (AvgIpc) is 3.40. The second-order valence-corrected chi connectivity index (χ2v) is 11.5. The maximum absolute atomic E-state index is 13.1. The van der Waals surface area contributed by atoms with Crippen LogP contribution in [-0.2, 0) is 0 Å². The van der Waals surface area contributed by atoms with E-state index in [9.17, 15) is 15.0 Å². The van der Waals surface area contributed by atoms with Crippen LogP contribution < -0.4 is 10.6 Å². The highest BCUT2D eigenvalue weighted by atomic mass is 35.5. The van der Waals surface area contributed by atoms with Gasteiger partial charge in [0.1, 0.15) is 6.23 Å². The molecule has 4 unspecified atom stereocenters. The molecule has 3 aliphatic rings. The number of benzene rings is 1. The molecular weight excluding hydrogens is 452 g/mol. The van der Waals surface area contributed by atoms with Crippen molar-refractivity contribution in [2.24, 2.45) is 11.3 Å². The molecule has 7 nitrogen and oxygen atoms in total. The Labute approximate surface area is 205 Å². The van der Waals surface area contributed by atoms with Crippen LogP contribution in [0.25, 0.3) is 11.3 Å². The topological polar surface area (TPSA) is 99.4 Å². The number of rotatable bonds is 6. The molecule has 1 amide bonds. The van der Waals surface area contributed by atoms with Crippen molar-refractivity contribution in [3.05, 3.63) is 40.5 Å². The molecule has 184 valence electrons. The fraction of sp³-hybridized carbons (Fsp3) is 0.615. The number of β-amino-alcohol motifs (C(OH)–C–C–N with tert-alkyl or cyclic N) is 1. The number of carbonyl (C=O) groups is 1. The first-order valence-electron chi connectivity index (χ1n) is 12.5. The van der Waals surface area contributed by atoms with Crippen molar-refractivity contribution in [1.29, 1.82) is 0 Å². The smallest absolute Gasteiger partial charge is 0.254 e. The predicted molar refractivity (Wildman–Crippen MR) is 132 cm³/mol. The second-order valence-electron chi connectivity index (χ2n) is 11.1. The van der Waals surface area contributed by atoms with Crippen LogP contribution in [0.15, 0.2) is 24.3 Å². The van der Waals surface area contributed by atoms with E-state index in [0.717, 1.165) is 55.5 Å². The normalized spacial score (nSPS) is 27.5. The second kappa shape index (κ2) is 9.26. The van der Waals surface area contributed by atoms with E-state index in [4.69, 9.17) is 16.7 Å². The lowest BCUT2D eigenvalue weighted by molar-refractivity contribution is 0.0232. The summed E-state index contributed by atoms with van der Waals surface area (Å²) < 4.78 is 1.97. The SMILES string of the molecule is CC1(C)CCCC(C(O)NC(=O)c2cc(-c3cc(C4CC4)n(C4CNCC4O)n3)ccc2Cl)C1. The third-order valence-electron chi connectivity index (χ3n) is 7.70. The van der Waals surface area contributed by atoms with Gasteiger partial charge >= 0.3 is 0 Å². The van der Waals surface area contributed by atoms with Crippen LogP contribution in [0.2, 0.25) is 5.02 Å². The van der Waals surface area contributed by atoms with Crippen LogP contribution in [0.5, 0.6) is 0 Å². The quantitative estimate of drug-likeness (QED) is 0.465. The lowest BCUT2D eigenvalue weighted by atomic mass is 9.71. The fourth-order valence-corrected chi connectivity index (χ4v) is 5.82. The van der Waals surface area contributed by atoms with Crippen LogP contribution in [-0.4, -0.2) is 51.3 Å². The first-order chi connectivity index (χ1) is 16.2. The number of carbonyl (C=O) groups excluding carboxylic acids is 1. The zero-order valence-electron chi connectivity index (χ0n) is 19.9. The van der Waals surface area contributed by atoms with Gasteiger partial charge in [-0.25, -0.2) is 0 Å². The molecule has 34 heavy (non-hydrogen) atoms. The summed E-state index contributed by atoms with van der Waals surface area (Å²) in [5, 5.41) is 32.4. The molecule has 1 saturated heterocycles. The summed E-state index contributed by atoms with van der Waals surface area (Å²) in [6.45, 7) is 5.68. The van der Waals surface area contributed by atoms with Crippen LogP contribution in [0.4, 0.5) is 0 Å². The highest BCUT2D eigenvalue weighted by Gasteiger charge is 2.35. The van der Waals surface area contributed by atoms with Gasteiger partial charge in [0.25, 0.3) is 5.91 Å². The van der Waals surface area contributed by atoms with Gasteiger partial charge in [-0.1, -0.05) is 37.9 Å². The lowest BCUT2D eigenvalue weighted by Gasteiger charge is -2.37. The molecule has 2 aromatic rings. The zero-order chi connectivity index (χ0) is 24.0. The van der Waals surface area contributed by atoms with E-state index in [1.165, 1.54) is 0 Å². The Balaban J connectivity index is 1.37. The van der Waals surface area contributed by atoms with Crippen molar-refractivity contribution >= 4 is 17.5 Å². The Kier molecular flexibility index (Phi) is 6.48. The van der Waals surface area contributed by atoms with Crippen molar-refractivity contribution in [2.45, 2.75) is 76.7 Å². The molecular formula is C26H35ClN4O3. The van der Waals surface area contributed by atoms with Gasteiger partial charge < -0.3 is 20.8 Å². The molecule has 1 aliphatic heterocycles. The van der Waals surface area contributed by atoms with Crippen molar-refractivity contribution in [1.82, 2.24) is 20.4 Å². The Morgan fingerprint density at radius 3 is 2.74 bits per heavy atom. The molecule has 0 bridgehead atoms. The third-order valence-corrected chi connectivity index (χ3v) is 8.03. The molecule has 0 spiro atoms. The van der Waals surface area contributed by atoms with Crippen molar-refractivity contribution in [3.8, 4) is 11.3 Å². The van der Waals surface area contributed by atoms with Gasteiger partial charge in [0.05, 0.1) is 28.4 Å². The van der Waals surface area contributed by atoms with Gasteiger partial charge in [-0.2, -0.15) is 5.10 Å². The molecule has 2 aliphatic carbocycles. The highest BCUT2D eigenvalue weighted by Crippen LogP contribution is 2.43. The highest BCUT2D eigenvalue weighted by molar-refractivity contribution is 6.34. The molecule has 8 heteroatoms. The molecule has 5 rings (SSSR count). The number of halogens is 1. The number of nitrogens with one attached hydrogen (secondary N) is 2. The van der Waals surface area contributed by atoms with Crippen molar-refractivity contribution in [2.75, 3.05) is 13.1 Å². The van der Waals surface area contributed by atoms with E-state index in [-0.39, 0.29) is 23.3 Å². The van der Waals surface area contributed by atoms with Crippen LogP contribution >= 0.6 is 11.6 Å². The lowest BCUT2D eigenvalue weighted by Crippen LogP contribution is -2.43. The molecule has 2 saturated carbocycles. The summed E-state index contributed by atoms with van der Waals surface area (Å²) in [4.78, 5) is 13.1. The zero-order valence-corrected chi connectivity index (χ0v) is 20.7. The Morgan fingerprint density at radius 2 is 2.06 bits per heavy atom. The van der Waals surface area contributed by atoms with Crippen LogP contribution in [0.3, 0.4) is 0 Å². The van der Waals surface area contributed by atoms with Gasteiger partial charge in [-0.3, -0.25) is 9.48 Å². The average molecular weight is 487 g/mol. The Bertz CT molecular complexity index is 1060. The monoisotopic (exact) mass is 486 g/mol. The van der Waals surface area contributed by atoms with Gasteiger partial charge in [0, 0.05) is 36.2 Å². The van der Waals surface area contributed by atoms with E-state index in [1.807, 2.05) is 10.7 Å². The number of aromatic nitrogens is 2. The van der Waals surface area contributed by atoms with Gasteiger partial charge in [0.15, 0.2) is 0 Å². The summed E-state index contributed by atoms with van der Waals surface area (Å²) in [6.07, 6.45) is 4.87. The van der Waals surface area contributed by atoms with E-state index in [1.54, 1.807) is 12.1 Å². The van der Waals surface area contributed by atoms with Gasteiger partial charge in [-0.05, 0) is 55.7 Å². The Morgan fingerprint density at radius 1 is 1.26 bits per heavy atom. The molecule has 4 atom stereocenters.